The van der Waals surface area contributed by atoms with Gasteiger partial charge in [-0.05, 0) is 44.0 Å². The summed E-state index contributed by atoms with van der Waals surface area (Å²) in [6, 6.07) is 4.73. The predicted molar refractivity (Wildman–Crippen MR) is 87.5 cm³/mol. The Labute approximate surface area is 137 Å². The van der Waals surface area contributed by atoms with E-state index >= 15 is 0 Å². The van der Waals surface area contributed by atoms with Crippen LogP contribution in [0.1, 0.15) is 19.8 Å². The summed E-state index contributed by atoms with van der Waals surface area (Å²) in [5.41, 5.74) is 0. The first-order chi connectivity index (χ1) is 11.0. The van der Waals surface area contributed by atoms with Crippen molar-refractivity contribution in [3.05, 3.63) is 18.2 Å². The van der Waals surface area contributed by atoms with Crippen molar-refractivity contribution >= 4 is 10.0 Å². The number of benzene rings is 1. The number of rotatable bonds is 5. The third-order valence-electron chi connectivity index (χ3n) is 4.42. The zero-order chi connectivity index (χ0) is 16.3. The normalized spacial score (nSPS) is 19.7. The Bertz CT molecular complexity index is 639. The van der Waals surface area contributed by atoms with Crippen LogP contribution in [-0.2, 0) is 10.0 Å². The highest BCUT2D eigenvalue weighted by Gasteiger charge is 2.20. The maximum Gasteiger partial charge on any atom is 0.240 e. The van der Waals surface area contributed by atoms with Crippen molar-refractivity contribution in [1.82, 2.24) is 9.62 Å². The molecule has 1 aromatic carbocycles. The minimum Gasteiger partial charge on any atom is -0.486 e. The van der Waals surface area contributed by atoms with Crippen LogP contribution in [0.5, 0.6) is 11.5 Å². The quantitative estimate of drug-likeness (QED) is 0.879. The molecule has 0 atom stereocenters. The molecule has 0 amide bonds. The van der Waals surface area contributed by atoms with Crippen molar-refractivity contribution in [2.75, 3.05) is 39.4 Å². The van der Waals surface area contributed by atoms with Crippen LogP contribution in [0.25, 0.3) is 0 Å². The Morgan fingerprint density at radius 3 is 2.61 bits per heavy atom. The first kappa shape index (κ1) is 16.5. The Balaban J connectivity index is 1.56. The Morgan fingerprint density at radius 2 is 1.87 bits per heavy atom. The van der Waals surface area contributed by atoms with E-state index in [0.717, 1.165) is 25.6 Å². The largest absolute Gasteiger partial charge is 0.486 e. The minimum atomic E-state index is -3.52. The van der Waals surface area contributed by atoms with Crippen molar-refractivity contribution in [3.63, 3.8) is 0 Å². The van der Waals surface area contributed by atoms with Crippen LogP contribution >= 0.6 is 0 Å². The summed E-state index contributed by atoms with van der Waals surface area (Å²) < 4.78 is 38.3. The van der Waals surface area contributed by atoms with Crippen molar-refractivity contribution in [1.29, 1.82) is 0 Å². The molecule has 3 rings (SSSR count). The lowest BCUT2D eigenvalue weighted by molar-refractivity contribution is 0.171. The van der Waals surface area contributed by atoms with E-state index in [2.05, 4.69) is 16.5 Å². The molecule has 1 fully saturated rings. The first-order valence-electron chi connectivity index (χ1n) is 8.16. The summed E-state index contributed by atoms with van der Waals surface area (Å²) in [5, 5.41) is 0. The first-order valence-corrected chi connectivity index (χ1v) is 9.64. The molecule has 0 bridgehead atoms. The zero-order valence-corrected chi connectivity index (χ0v) is 14.3. The number of hydrogen-bond acceptors (Lipinski definition) is 5. The average Bonchev–Trinajstić information content (AvgIpc) is 2.56. The highest BCUT2D eigenvalue weighted by molar-refractivity contribution is 7.89. The Kier molecular flexibility index (Phi) is 5.08. The smallest absolute Gasteiger partial charge is 0.240 e. The fourth-order valence-electron chi connectivity index (χ4n) is 2.90. The number of likely N-dealkylation sites (tertiary alicyclic amines) is 1. The lowest BCUT2D eigenvalue weighted by Crippen LogP contribution is -2.39. The van der Waals surface area contributed by atoms with Gasteiger partial charge >= 0.3 is 0 Å². The minimum absolute atomic E-state index is 0.217. The van der Waals surface area contributed by atoms with E-state index in [4.69, 9.17) is 9.47 Å². The van der Waals surface area contributed by atoms with Crippen LogP contribution in [0.4, 0.5) is 0 Å². The van der Waals surface area contributed by atoms with E-state index in [9.17, 15) is 8.42 Å². The zero-order valence-electron chi connectivity index (χ0n) is 13.5. The second kappa shape index (κ2) is 7.07. The van der Waals surface area contributed by atoms with Gasteiger partial charge in [-0.1, -0.05) is 6.92 Å². The molecule has 1 N–H and O–H groups in total. The van der Waals surface area contributed by atoms with Gasteiger partial charge in [0.05, 0.1) is 4.90 Å². The lowest BCUT2D eigenvalue weighted by atomic mass is 9.99. The van der Waals surface area contributed by atoms with E-state index in [0.29, 0.717) is 31.3 Å². The molecule has 128 valence electrons. The molecule has 0 radical (unpaired) electrons. The van der Waals surface area contributed by atoms with Gasteiger partial charge in [0.25, 0.3) is 0 Å². The number of fused-ring (bicyclic) bond motifs is 1. The van der Waals surface area contributed by atoms with Gasteiger partial charge in [0.2, 0.25) is 10.0 Å². The third-order valence-corrected chi connectivity index (χ3v) is 5.88. The SMILES string of the molecule is CC1CCN(CCNS(=O)(=O)c2ccc3c(c2)OCCO3)CC1. The van der Waals surface area contributed by atoms with Crippen molar-refractivity contribution in [2.45, 2.75) is 24.7 Å². The number of sulfonamides is 1. The summed E-state index contributed by atoms with van der Waals surface area (Å²) in [5.74, 6) is 1.86. The molecule has 23 heavy (non-hydrogen) atoms. The molecule has 0 saturated carbocycles. The molecule has 6 nitrogen and oxygen atoms in total. The topological polar surface area (TPSA) is 67.9 Å². The molecule has 2 aliphatic heterocycles. The number of piperidine rings is 1. The van der Waals surface area contributed by atoms with E-state index < -0.39 is 10.0 Å². The molecule has 1 aromatic rings. The Morgan fingerprint density at radius 1 is 1.17 bits per heavy atom. The summed E-state index contributed by atoms with van der Waals surface area (Å²) in [6.45, 7) is 6.46. The van der Waals surface area contributed by atoms with Crippen molar-refractivity contribution in [2.24, 2.45) is 5.92 Å². The van der Waals surface area contributed by atoms with E-state index in [1.54, 1.807) is 12.1 Å². The summed E-state index contributed by atoms with van der Waals surface area (Å²) in [6.07, 6.45) is 2.38. The van der Waals surface area contributed by atoms with Gasteiger partial charge in [-0.15, -0.1) is 0 Å². The van der Waals surface area contributed by atoms with Crippen LogP contribution < -0.4 is 14.2 Å². The third kappa shape index (κ3) is 4.16. The number of nitrogens with one attached hydrogen (secondary N) is 1. The van der Waals surface area contributed by atoms with Crippen molar-refractivity contribution < 1.29 is 17.9 Å². The van der Waals surface area contributed by atoms with Gasteiger partial charge in [0.1, 0.15) is 13.2 Å². The Hall–Kier alpha value is -1.31. The molecule has 7 heteroatoms. The highest BCUT2D eigenvalue weighted by Crippen LogP contribution is 2.32. The predicted octanol–water partition coefficient (Wildman–Crippen LogP) is 1.47. The van der Waals surface area contributed by atoms with Crippen LogP contribution in [0, 0.1) is 5.92 Å². The van der Waals surface area contributed by atoms with Gasteiger partial charge in [0.15, 0.2) is 11.5 Å². The molecule has 1 saturated heterocycles. The fourth-order valence-corrected chi connectivity index (χ4v) is 3.93. The molecule has 2 aliphatic rings. The fraction of sp³-hybridized carbons (Fsp3) is 0.625. The highest BCUT2D eigenvalue weighted by atomic mass is 32.2. The molecule has 0 unspecified atom stereocenters. The molecular formula is C16H24N2O4S. The number of ether oxygens (including phenoxy) is 2. The number of nitrogens with zero attached hydrogens (tertiary/aromatic N) is 1. The van der Waals surface area contributed by atoms with Gasteiger partial charge in [-0.3, -0.25) is 0 Å². The summed E-state index contributed by atoms with van der Waals surface area (Å²) in [4.78, 5) is 2.53. The van der Waals surface area contributed by atoms with Gasteiger partial charge in [-0.25, -0.2) is 13.1 Å². The lowest BCUT2D eigenvalue weighted by Gasteiger charge is -2.30. The molecule has 0 spiro atoms. The van der Waals surface area contributed by atoms with Crippen LogP contribution in [-0.4, -0.2) is 52.7 Å². The summed E-state index contributed by atoms with van der Waals surface area (Å²) >= 11 is 0. The van der Waals surface area contributed by atoms with Crippen LogP contribution in [0.15, 0.2) is 23.1 Å². The molecular weight excluding hydrogens is 316 g/mol. The maximum atomic E-state index is 12.4. The standard InChI is InChI=1S/C16H24N2O4S/c1-13-4-7-18(8-5-13)9-6-17-23(19,20)14-2-3-15-16(12-14)22-11-10-21-15/h2-3,12-13,17H,4-11H2,1H3. The van der Waals surface area contributed by atoms with E-state index in [1.807, 2.05) is 0 Å². The molecule has 2 heterocycles. The molecule has 0 aliphatic carbocycles. The molecule has 0 aromatic heterocycles. The monoisotopic (exact) mass is 340 g/mol. The van der Waals surface area contributed by atoms with Crippen LogP contribution in [0.2, 0.25) is 0 Å². The van der Waals surface area contributed by atoms with E-state index in [-0.39, 0.29) is 4.90 Å². The van der Waals surface area contributed by atoms with Gasteiger partial charge in [0, 0.05) is 19.2 Å². The maximum absolute atomic E-state index is 12.4. The number of hydrogen-bond donors (Lipinski definition) is 1. The van der Waals surface area contributed by atoms with Crippen molar-refractivity contribution in [3.8, 4) is 11.5 Å². The summed E-state index contributed by atoms with van der Waals surface area (Å²) in [7, 11) is -3.52. The second-order valence-electron chi connectivity index (χ2n) is 6.23. The van der Waals surface area contributed by atoms with E-state index in [1.165, 1.54) is 18.9 Å². The van der Waals surface area contributed by atoms with Gasteiger partial charge < -0.3 is 14.4 Å². The van der Waals surface area contributed by atoms with Gasteiger partial charge in [-0.2, -0.15) is 0 Å². The van der Waals surface area contributed by atoms with Crippen LogP contribution in [0.3, 0.4) is 0 Å². The average molecular weight is 340 g/mol. The second-order valence-corrected chi connectivity index (χ2v) is 7.99.